The van der Waals surface area contributed by atoms with Crippen LogP contribution in [0.3, 0.4) is 0 Å². The predicted octanol–water partition coefficient (Wildman–Crippen LogP) is 2.92. The van der Waals surface area contributed by atoms with Crippen LogP contribution in [0.15, 0.2) is 48.7 Å². The molecular formula is C20H22N4O2. The Morgan fingerprint density at radius 2 is 1.92 bits per heavy atom. The quantitative estimate of drug-likeness (QED) is 0.769. The fraction of sp³-hybridized carbons (Fsp3) is 0.250. The topological polar surface area (TPSA) is 66.7 Å². The monoisotopic (exact) mass is 350 g/mol. The number of aryl methyl sites for hydroxylation is 2. The SMILES string of the molecule is CCc1ccccc1NC(=O)CN(C)C(=O)c1cn2c(C)cccc2n1. The second-order valence-corrected chi connectivity index (χ2v) is 6.24. The van der Waals surface area contributed by atoms with Crippen LogP contribution in [-0.4, -0.2) is 39.7 Å². The minimum Gasteiger partial charge on any atom is -0.331 e. The number of nitrogens with one attached hydrogen (secondary N) is 1. The molecule has 1 aromatic carbocycles. The fourth-order valence-electron chi connectivity index (χ4n) is 2.87. The minimum absolute atomic E-state index is 0.0380. The molecular weight excluding hydrogens is 328 g/mol. The first-order valence-electron chi connectivity index (χ1n) is 8.57. The number of aromatic nitrogens is 2. The van der Waals surface area contributed by atoms with E-state index in [1.165, 1.54) is 4.90 Å². The van der Waals surface area contributed by atoms with Crippen LogP contribution in [0.2, 0.25) is 0 Å². The number of likely N-dealkylation sites (N-methyl/N-ethyl adjacent to an activating group) is 1. The number of nitrogens with zero attached hydrogens (tertiary/aromatic N) is 3. The molecule has 0 spiro atoms. The minimum atomic E-state index is -0.285. The summed E-state index contributed by atoms with van der Waals surface area (Å²) in [6, 6.07) is 13.3. The third-order valence-corrected chi connectivity index (χ3v) is 4.31. The summed E-state index contributed by atoms with van der Waals surface area (Å²) in [4.78, 5) is 30.7. The molecule has 2 heterocycles. The highest BCUT2D eigenvalue weighted by atomic mass is 16.2. The van der Waals surface area contributed by atoms with E-state index in [4.69, 9.17) is 0 Å². The second kappa shape index (κ2) is 7.39. The number of imidazole rings is 1. The van der Waals surface area contributed by atoms with Crippen molar-refractivity contribution in [2.45, 2.75) is 20.3 Å². The maximum Gasteiger partial charge on any atom is 0.274 e. The summed E-state index contributed by atoms with van der Waals surface area (Å²) in [5, 5.41) is 2.88. The molecule has 0 bridgehead atoms. The number of carbonyl (C=O) groups excluding carboxylic acids is 2. The summed E-state index contributed by atoms with van der Waals surface area (Å²) in [7, 11) is 1.60. The van der Waals surface area contributed by atoms with Gasteiger partial charge in [-0.1, -0.05) is 31.2 Å². The molecule has 0 radical (unpaired) electrons. The molecule has 0 unspecified atom stereocenters. The van der Waals surface area contributed by atoms with Crippen molar-refractivity contribution in [1.82, 2.24) is 14.3 Å². The predicted molar refractivity (Wildman–Crippen MR) is 101 cm³/mol. The number of benzene rings is 1. The molecule has 1 N–H and O–H groups in total. The van der Waals surface area contributed by atoms with E-state index in [2.05, 4.69) is 10.3 Å². The van der Waals surface area contributed by atoms with Crippen LogP contribution < -0.4 is 5.32 Å². The van der Waals surface area contributed by atoms with E-state index in [-0.39, 0.29) is 18.4 Å². The van der Waals surface area contributed by atoms with Crippen molar-refractivity contribution >= 4 is 23.1 Å². The Balaban J connectivity index is 1.70. The van der Waals surface area contributed by atoms with Crippen molar-refractivity contribution in [2.75, 3.05) is 18.9 Å². The lowest BCUT2D eigenvalue weighted by atomic mass is 10.1. The average Bonchev–Trinajstić information content (AvgIpc) is 3.07. The van der Waals surface area contributed by atoms with Crippen LogP contribution in [0.25, 0.3) is 5.65 Å². The normalized spacial score (nSPS) is 10.7. The zero-order valence-electron chi connectivity index (χ0n) is 15.2. The Morgan fingerprint density at radius 1 is 1.15 bits per heavy atom. The maximum atomic E-state index is 12.6. The highest BCUT2D eigenvalue weighted by Crippen LogP contribution is 2.15. The first-order chi connectivity index (χ1) is 12.5. The van der Waals surface area contributed by atoms with Gasteiger partial charge in [0.2, 0.25) is 5.91 Å². The van der Waals surface area contributed by atoms with E-state index in [0.717, 1.165) is 23.4 Å². The lowest BCUT2D eigenvalue weighted by molar-refractivity contribution is -0.116. The van der Waals surface area contributed by atoms with Gasteiger partial charge in [0.15, 0.2) is 0 Å². The first-order valence-corrected chi connectivity index (χ1v) is 8.57. The van der Waals surface area contributed by atoms with E-state index in [9.17, 15) is 9.59 Å². The molecule has 0 fully saturated rings. The summed E-state index contributed by atoms with van der Waals surface area (Å²) < 4.78 is 1.86. The molecule has 3 aromatic rings. The van der Waals surface area contributed by atoms with Gasteiger partial charge in [0.05, 0.1) is 6.54 Å². The molecule has 0 saturated heterocycles. The summed E-state index contributed by atoms with van der Waals surface area (Å²) in [5.41, 5.74) is 3.87. The van der Waals surface area contributed by atoms with E-state index < -0.39 is 0 Å². The van der Waals surface area contributed by atoms with Gasteiger partial charge in [0.25, 0.3) is 5.91 Å². The maximum absolute atomic E-state index is 12.6. The molecule has 26 heavy (non-hydrogen) atoms. The van der Waals surface area contributed by atoms with Crippen molar-refractivity contribution in [1.29, 1.82) is 0 Å². The van der Waals surface area contributed by atoms with E-state index >= 15 is 0 Å². The Bertz CT molecular complexity index is 961. The second-order valence-electron chi connectivity index (χ2n) is 6.24. The van der Waals surface area contributed by atoms with Crippen LogP contribution in [-0.2, 0) is 11.2 Å². The van der Waals surface area contributed by atoms with Gasteiger partial charge >= 0.3 is 0 Å². The fourth-order valence-corrected chi connectivity index (χ4v) is 2.87. The third kappa shape index (κ3) is 3.59. The summed E-state index contributed by atoms with van der Waals surface area (Å²) >= 11 is 0. The number of hydrogen-bond acceptors (Lipinski definition) is 3. The van der Waals surface area contributed by atoms with Crippen molar-refractivity contribution in [3.05, 3.63) is 65.6 Å². The third-order valence-electron chi connectivity index (χ3n) is 4.31. The average molecular weight is 350 g/mol. The molecule has 6 heteroatoms. The van der Waals surface area contributed by atoms with Crippen LogP contribution >= 0.6 is 0 Å². The number of hydrogen-bond donors (Lipinski definition) is 1. The molecule has 2 aromatic heterocycles. The van der Waals surface area contributed by atoms with Crippen LogP contribution in [0.4, 0.5) is 5.69 Å². The Morgan fingerprint density at radius 3 is 2.65 bits per heavy atom. The van der Waals surface area contributed by atoms with Gasteiger partial charge in [-0.05, 0) is 37.1 Å². The van der Waals surface area contributed by atoms with Crippen LogP contribution in [0.1, 0.15) is 28.7 Å². The molecule has 0 aliphatic carbocycles. The van der Waals surface area contributed by atoms with E-state index in [1.807, 2.05) is 60.7 Å². The number of rotatable bonds is 5. The Kier molecular flexibility index (Phi) is 5.02. The number of amides is 2. The van der Waals surface area contributed by atoms with Crippen LogP contribution in [0.5, 0.6) is 0 Å². The van der Waals surface area contributed by atoms with Crippen molar-refractivity contribution in [3.63, 3.8) is 0 Å². The zero-order chi connectivity index (χ0) is 18.7. The summed E-state index contributed by atoms with van der Waals surface area (Å²) in [6.45, 7) is 3.95. The standard InChI is InChI=1S/C20H22N4O2/c1-4-15-9-5-6-10-16(15)22-19(25)13-23(3)20(26)17-12-24-14(2)8-7-11-18(24)21-17/h5-12H,4,13H2,1-3H3,(H,22,25). The molecule has 0 aliphatic heterocycles. The molecule has 3 rings (SSSR count). The van der Waals surface area contributed by atoms with Gasteiger partial charge < -0.3 is 14.6 Å². The van der Waals surface area contributed by atoms with Gasteiger partial charge in [-0.25, -0.2) is 4.98 Å². The molecule has 0 atom stereocenters. The smallest absolute Gasteiger partial charge is 0.274 e. The largest absolute Gasteiger partial charge is 0.331 e. The van der Waals surface area contributed by atoms with Crippen molar-refractivity contribution in [2.24, 2.45) is 0 Å². The van der Waals surface area contributed by atoms with Crippen molar-refractivity contribution < 1.29 is 9.59 Å². The van der Waals surface area contributed by atoms with Crippen LogP contribution in [0, 0.1) is 6.92 Å². The molecule has 2 amide bonds. The van der Waals surface area contributed by atoms with Gasteiger partial charge in [0.1, 0.15) is 11.3 Å². The molecule has 6 nitrogen and oxygen atoms in total. The lowest BCUT2D eigenvalue weighted by Crippen LogP contribution is -2.35. The van der Waals surface area contributed by atoms with Gasteiger partial charge in [-0.3, -0.25) is 9.59 Å². The number of para-hydroxylation sites is 1. The van der Waals surface area contributed by atoms with E-state index in [1.54, 1.807) is 13.2 Å². The molecule has 134 valence electrons. The summed E-state index contributed by atoms with van der Waals surface area (Å²) in [5.74, 6) is -0.520. The Labute approximate surface area is 152 Å². The zero-order valence-corrected chi connectivity index (χ0v) is 15.2. The number of pyridine rings is 1. The Hall–Kier alpha value is -3.15. The van der Waals surface area contributed by atoms with Gasteiger partial charge in [-0.2, -0.15) is 0 Å². The molecule has 0 aliphatic rings. The number of carbonyl (C=O) groups is 2. The number of anilines is 1. The lowest BCUT2D eigenvalue weighted by Gasteiger charge is -2.16. The highest BCUT2D eigenvalue weighted by molar-refractivity contribution is 5.98. The molecule has 0 saturated carbocycles. The van der Waals surface area contributed by atoms with E-state index in [0.29, 0.717) is 11.3 Å². The van der Waals surface area contributed by atoms with Gasteiger partial charge in [0, 0.05) is 24.6 Å². The van der Waals surface area contributed by atoms with Gasteiger partial charge in [-0.15, -0.1) is 0 Å². The van der Waals surface area contributed by atoms with Crippen molar-refractivity contribution in [3.8, 4) is 0 Å². The first kappa shape index (κ1) is 17.7. The highest BCUT2D eigenvalue weighted by Gasteiger charge is 2.18. The number of fused-ring (bicyclic) bond motifs is 1. The summed E-state index contributed by atoms with van der Waals surface area (Å²) in [6.07, 6.45) is 2.53.